The fourth-order valence-electron chi connectivity index (χ4n) is 2.44. The average molecular weight is 343 g/mol. The second-order valence-corrected chi connectivity index (χ2v) is 5.52. The van der Waals surface area contributed by atoms with Crippen LogP contribution in [-0.4, -0.2) is 20.2 Å². The van der Waals surface area contributed by atoms with E-state index >= 15 is 0 Å². The number of halogens is 1. The maximum atomic E-state index is 12.1. The third-order valence-corrected chi connectivity index (χ3v) is 3.85. The molecule has 24 heavy (non-hydrogen) atoms. The minimum atomic E-state index is -0.412. The highest BCUT2D eigenvalue weighted by Gasteiger charge is 2.22. The van der Waals surface area contributed by atoms with Gasteiger partial charge in [-0.15, -0.1) is 0 Å². The van der Waals surface area contributed by atoms with Crippen molar-refractivity contribution in [3.63, 3.8) is 0 Å². The number of para-hydroxylation sites is 1. The van der Waals surface area contributed by atoms with E-state index < -0.39 is 5.97 Å². The summed E-state index contributed by atoms with van der Waals surface area (Å²) in [6.07, 6.45) is 3.41. The van der Waals surface area contributed by atoms with Crippen LogP contribution in [0.25, 0.3) is 11.8 Å². The molecule has 0 saturated heterocycles. The summed E-state index contributed by atoms with van der Waals surface area (Å²) in [5.41, 5.74) is 1.96. The molecule has 0 saturated carbocycles. The molecule has 0 bridgehead atoms. The van der Waals surface area contributed by atoms with Gasteiger partial charge in [-0.25, -0.2) is 4.79 Å². The molecule has 0 N–H and O–H groups in total. The molecule has 1 aliphatic rings. The van der Waals surface area contributed by atoms with Crippen molar-refractivity contribution in [3.8, 4) is 11.5 Å². The zero-order chi connectivity index (χ0) is 17.1. The molecule has 3 rings (SSSR count). The van der Waals surface area contributed by atoms with Crippen LogP contribution in [0.1, 0.15) is 11.1 Å². The van der Waals surface area contributed by atoms with Crippen LogP contribution >= 0.6 is 11.6 Å². The number of rotatable bonds is 4. The second kappa shape index (κ2) is 6.81. The molecule has 0 aromatic heterocycles. The van der Waals surface area contributed by atoms with E-state index in [0.29, 0.717) is 27.9 Å². The van der Waals surface area contributed by atoms with Gasteiger partial charge in [-0.1, -0.05) is 23.7 Å². The van der Waals surface area contributed by atoms with Gasteiger partial charge in [-0.05, 0) is 42.5 Å². The maximum absolute atomic E-state index is 12.1. The summed E-state index contributed by atoms with van der Waals surface area (Å²) in [5, 5.41) is 0.626. The SMILES string of the molecule is COc1cccc(/C=C2/C=C(c3ccc(Cl)cc3)OC2=O)c1OC. The molecule has 0 fully saturated rings. The monoisotopic (exact) mass is 342 g/mol. The average Bonchev–Trinajstić information content (AvgIpc) is 2.96. The molecule has 122 valence electrons. The minimum absolute atomic E-state index is 0.412. The minimum Gasteiger partial charge on any atom is -0.493 e. The molecular formula is C19H15ClO4. The highest BCUT2D eigenvalue weighted by atomic mass is 35.5. The van der Waals surface area contributed by atoms with Crippen molar-refractivity contribution in [2.24, 2.45) is 0 Å². The topological polar surface area (TPSA) is 44.8 Å². The Hall–Kier alpha value is -2.72. The summed E-state index contributed by atoms with van der Waals surface area (Å²) in [5.74, 6) is 1.24. The zero-order valence-corrected chi connectivity index (χ0v) is 14.0. The van der Waals surface area contributed by atoms with Gasteiger partial charge < -0.3 is 14.2 Å². The van der Waals surface area contributed by atoms with E-state index in [1.165, 1.54) is 0 Å². The van der Waals surface area contributed by atoms with E-state index in [9.17, 15) is 4.79 Å². The summed E-state index contributed by atoms with van der Waals surface area (Å²) < 4.78 is 16.0. The first-order valence-electron chi connectivity index (χ1n) is 7.25. The van der Waals surface area contributed by atoms with Crippen molar-refractivity contribution < 1.29 is 19.0 Å². The van der Waals surface area contributed by atoms with Crippen molar-refractivity contribution in [2.75, 3.05) is 14.2 Å². The number of methoxy groups -OCH3 is 2. The van der Waals surface area contributed by atoms with Crippen LogP contribution in [0.4, 0.5) is 0 Å². The van der Waals surface area contributed by atoms with Gasteiger partial charge in [0.25, 0.3) is 0 Å². The Bertz CT molecular complexity index is 835. The number of carbonyl (C=O) groups is 1. The molecule has 0 radical (unpaired) electrons. The van der Waals surface area contributed by atoms with Crippen molar-refractivity contribution in [3.05, 3.63) is 70.3 Å². The summed E-state index contributed by atoms with van der Waals surface area (Å²) >= 11 is 5.88. The smallest absolute Gasteiger partial charge is 0.343 e. The molecule has 1 heterocycles. The van der Waals surface area contributed by atoms with Crippen LogP contribution in [0.3, 0.4) is 0 Å². The normalized spacial score (nSPS) is 15.2. The number of cyclic esters (lactones) is 1. The first-order valence-corrected chi connectivity index (χ1v) is 7.62. The first-order chi connectivity index (χ1) is 11.6. The number of carbonyl (C=O) groups excluding carboxylic acids is 1. The summed E-state index contributed by atoms with van der Waals surface area (Å²) in [7, 11) is 3.12. The van der Waals surface area contributed by atoms with Crippen LogP contribution < -0.4 is 9.47 Å². The summed E-state index contributed by atoms with van der Waals surface area (Å²) in [6.45, 7) is 0. The molecule has 5 heteroatoms. The van der Waals surface area contributed by atoms with Gasteiger partial charge in [0, 0.05) is 16.1 Å². The van der Waals surface area contributed by atoms with E-state index in [2.05, 4.69) is 0 Å². The third kappa shape index (κ3) is 3.14. The van der Waals surface area contributed by atoms with E-state index in [0.717, 1.165) is 11.1 Å². The van der Waals surface area contributed by atoms with E-state index in [1.54, 1.807) is 56.7 Å². The Morgan fingerprint density at radius 2 is 1.79 bits per heavy atom. The molecule has 0 amide bonds. The van der Waals surface area contributed by atoms with Gasteiger partial charge in [-0.3, -0.25) is 0 Å². The lowest BCUT2D eigenvalue weighted by Gasteiger charge is -2.10. The molecule has 0 aliphatic carbocycles. The second-order valence-electron chi connectivity index (χ2n) is 5.09. The predicted molar refractivity (Wildman–Crippen MR) is 93.0 cm³/mol. The standard InChI is InChI=1S/C19H15ClO4/c1-22-16-5-3-4-13(18(16)23-2)10-14-11-17(24-19(14)21)12-6-8-15(20)9-7-12/h3-11H,1-2H3/b14-10-. The lowest BCUT2D eigenvalue weighted by Crippen LogP contribution is -1.98. The van der Waals surface area contributed by atoms with Crippen molar-refractivity contribution in [1.82, 2.24) is 0 Å². The lowest BCUT2D eigenvalue weighted by atomic mass is 10.1. The summed E-state index contributed by atoms with van der Waals surface area (Å²) in [6, 6.07) is 12.6. The van der Waals surface area contributed by atoms with E-state index in [4.69, 9.17) is 25.8 Å². The Morgan fingerprint density at radius 1 is 1.04 bits per heavy atom. The number of benzene rings is 2. The van der Waals surface area contributed by atoms with Gasteiger partial charge in [0.05, 0.1) is 19.8 Å². The van der Waals surface area contributed by atoms with Crippen molar-refractivity contribution in [2.45, 2.75) is 0 Å². The Morgan fingerprint density at radius 3 is 2.46 bits per heavy atom. The Balaban J connectivity index is 1.99. The highest BCUT2D eigenvalue weighted by molar-refractivity contribution is 6.30. The molecule has 0 spiro atoms. The van der Waals surface area contributed by atoms with Gasteiger partial charge in [0.1, 0.15) is 5.76 Å². The molecule has 2 aromatic rings. The van der Waals surface area contributed by atoms with Gasteiger partial charge in [0.2, 0.25) is 0 Å². The maximum Gasteiger partial charge on any atom is 0.343 e. The fourth-order valence-corrected chi connectivity index (χ4v) is 2.56. The van der Waals surface area contributed by atoms with E-state index in [1.807, 2.05) is 12.1 Å². The van der Waals surface area contributed by atoms with E-state index in [-0.39, 0.29) is 0 Å². The number of ether oxygens (including phenoxy) is 3. The predicted octanol–water partition coefficient (Wildman–Crippen LogP) is 4.34. The van der Waals surface area contributed by atoms with Gasteiger partial charge >= 0.3 is 5.97 Å². The highest BCUT2D eigenvalue weighted by Crippen LogP contribution is 2.34. The molecule has 2 aromatic carbocycles. The quantitative estimate of drug-likeness (QED) is 0.612. The number of hydrogen-bond donors (Lipinski definition) is 0. The van der Waals surface area contributed by atoms with Gasteiger partial charge in [0.15, 0.2) is 11.5 Å². The molecule has 0 unspecified atom stereocenters. The van der Waals surface area contributed by atoms with Crippen LogP contribution in [-0.2, 0) is 9.53 Å². The van der Waals surface area contributed by atoms with Crippen molar-refractivity contribution in [1.29, 1.82) is 0 Å². The van der Waals surface area contributed by atoms with Crippen LogP contribution in [0.2, 0.25) is 5.02 Å². The number of hydrogen-bond acceptors (Lipinski definition) is 4. The fraction of sp³-hybridized carbons (Fsp3) is 0.105. The first kappa shape index (κ1) is 16.1. The number of esters is 1. The Labute approximate surface area is 144 Å². The van der Waals surface area contributed by atoms with Crippen LogP contribution in [0, 0.1) is 0 Å². The molecule has 1 aliphatic heterocycles. The Kier molecular flexibility index (Phi) is 4.58. The zero-order valence-electron chi connectivity index (χ0n) is 13.2. The largest absolute Gasteiger partial charge is 0.493 e. The van der Waals surface area contributed by atoms with Crippen LogP contribution in [0.15, 0.2) is 54.1 Å². The lowest BCUT2D eigenvalue weighted by molar-refractivity contribution is -0.130. The molecule has 4 nitrogen and oxygen atoms in total. The van der Waals surface area contributed by atoms with Gasteiger partial charge in [-0.2, -0.15) is 0 Å². The molecule has 0 atom stereocenters. The van der Waals surface area contributed by atoms with Crippen molar-refractivity contribution >= 4 is 29.4 Å². The molecular weight excluding hydrogens is 328 g/mol. The summed E-state index contributed by atoms with van der Waals surface area (Å²) in [4.78, 5) is 12.1. The van der Waals surface area contributed by atoms with Crippen LogP contribution in [0.5, 0.6) is 11.5 Å². The third-order valence-electron chi connectivity index (χ3n) is 3.60.